The van der Waals surface area contributed by atoms with Crippen LogP contribution in [0.4, 0.5) is 0 Å². The molecule has 0 radical (unpaired) electrons. The van der Waals surface area contributed by atoms with E-state index in [1.807, 2.05) is 0 Å². The normalized spacial score (nSPS) is 14.4. The molecule has 0 aliphatic carbocycles. The van der Waals surface area contributed by atoms with E-state index >= 15 is 0 Å². The van der Waals surface area contributed by atoms with E-state index in [0.717, 1.165) is 0 Å². The number of hydrogen-bond donors (Lipinski definition) is 2. The van der Waals surface area contributed by atoms with E-state index in [1.165, 1.54) is 38.7 Å². The highest BCUT2D eigenvalue weighted by Gasteiger charge is 2.35. The number of phenolic OH excluding ortho intramolecular Hbond substituents is 1. The van der Waals surface area contributed by atoms with Gasteiger partial charge in [0, 0.05) is 17.2 Å². The number of phenols is 1. The molecule has 0 saturated carbocycles. The number of methoxy groups -OCH3 is 2. The molecule has 3 heterocycles. The molecule has 2 N–H and O–H groups in total. The van der Waals surface area contributed by atoms with Crippen LogP contribution >= 0.6 is 0 Å². The van der Waals surface area contributed by atoms with Crippen molar-refractivity contribution in [3.8, 4) is 45.4 Å². The predicted molar refractivity (Wildman–Crippen MR) is 146 cm³/mol. The monoisotopic (exact) mass is 554 g/mol. The molecule has 0 unspecified atom stereocenters. The second kappa shape index (κ2) is 9.91. The number of carbonyl (C=O) groups is 2. The molecule has 0 bridgehead atoms. The fraction of sp³-hybridized carbons (Fsp3) is 0.129. The molecule has 1 aliphatic rings. The molecule has 41 heavy (non-hydrogen) atoms. The molecule has 2 aromatic heterocycles. The lowest BCUT2D eigenvalue weighted by Gasteiger charge is -2.24. The summed E-state index contributed by atoms with van der Waals surface area (Å²) in [7, 11) is 2.98. The number of furan rings is 1. The summed E-state index contributed by atoms with van der Waals surface area (Å²) in [4.78, 5) is 37.4. The fourth-order valence-corrected chi connectivity index (χ4v) is 5.05. The smallest absolute Gasteiger partial charge is 0.335 e. The largest absolute Gasteiger partial charge is 0.507 e. The summed E-state index contributed by atoms with van der Waals surface area (Å²) in [6.07, 6.45) is 1.19. The van der Waals surface area contributed by atoms with Crippen molar-refractivity contribution in [2.75, 3.05) is 14.2 Å². The number of hydrogen-bond acceptors (Lipinski definition) is 9. The summed E-state index contributed by atoms with van der Waals surface area (Å²) < 4.78 is 28.1. The van der Waals surface area contributed by atoms with Gasteiger partial charge in [-0.2, -0.15) is 0 Å². The highest BCUT2D eigenvalue weighted by molar-refractivity contribution is 5.94. The second-order valence-corrected chi connectivity index (χ2v) is 9.38. The molecule has 1 aliphatic heterocycles. The van der Waals surface area contributed by atoms with Crippen molar-refractivity contribution >= 4 is 22.9 Å². The molecule has 0 fully saturated rings. The number of aromatic carboxylic acids is 1. The van der Waals surface area contributed by atoms with Gasteiger partial charge in [-0.05, 0) is 42.0 Å². The zero-order chi connectivity index (χ0) is 28.8. The van der Waals surface area contributed by atoms with Crippen LogP contribution in [-0.2, 0) is 4.79 Å². The van der Waals surface area contributed by atoms with E-state index in [4.69, 9.17) is 28.2 Å². The summed E-state index contributed by atoms with van der Waals surface area (Å²) in [5, 5.41) is 19.9. The minimum absolute atomic E-state index is 0.0574. The van der Waals surface area contributed by atoms with Crippen molar-refractivity contribution in [2.45, 2.75) is 12.3 Å². The summed E-state index contributed by atoms with van der Waals surface area (Å²) in [6, 6.07) is 15.8. The zero-order valence-corrected chi connectivity index (χ0v) is 21.8. The number of aromatic hydroxyl groups is 1. The Hall–Kier alpha value is -5.51. The first kappa shape index (κ1) is 25.8. The number of carboxylic acids is 1. The maximum Gasteiger partial charge on any atom is 0.335 e. The van der Waals surface area contributed by atoms with E-state index < -0.39 is 29.0 Å². The van der Waals surface area contributed by atoms with E-state index in [0.29, 0.717) is 39.7 Å². The number of carboxylic acid groups (broad SMARTS) is 1. The summed E-state index contributed by atoms with van der Waals surface area (Å²) in [6.45, 7) is 0. The Bertz CT molecular complexity index is 1900. The van der Waals surface area contributed by atoms with Crippen molar-refractivity contribution in [1.82, 2.24) is 0 Å². The Balaban J connectivity index is 1.47. The van der Waals surface area contributed by atoms with Gasteiger partial charge in [-0.1, -0.05) is 18.2 Å². The molecular formula is C31H22O10. The van der Waals surface area contributed by atoms with Gasteiger partial charge in [-0.15, -0.1) is 0 Å². The van der Waals surface area contributed by atoms with Crippen molar-refractivity contribution in [1.29, 1.82) is 0 Å². The van der Waals surface area contributed by atoms with E-state index in [2.05, 4.69) is 0 Å². The number of fused-ring (bicyclic) bond motifs is 3. The number of ether oxygens (including phenoxy) is 3. The first-order valence-corrected chi connectivity index (χ1v) is 12.5. The lowest BCUT2D eigenvalue weighted by molar-refractivity contribution is -0.135. The van der Waals surface area contributed by atoms with Crippen molar-refractivity contribution < 1.29 is 42.8 Å². The van der Waals surface area contributed by atoms with Gasteiger partial charge in [0.15, 0.2) is 11.5 Å². The summed E-state index contributed by atoms with van der Waals surface area (Å²) >= 11 is 0. The molecule has 1 atom stereocenters. The molecule has 0 saturated heterocycles. The van der Waals surface area contributed by atoms with Gasteiger partial charge < -0.3 is 33.3 Å². The SMILES string of the molecule is COc1ccc(-c2coc3c4c(cc(O)c3c2=O)OC(=O)C[C@@H]4c2ccc(-c3ccc(C(=O)O)cc3)o2)cc1OC. The fourth-order valence-electron chi connectivity index (χ4n) is 5.05. The van der Waals surface area contributed by atoms with Crippen LogP contribution in [0.3, 0.4) is 0 Å². The Kier molecular flexibility index (Phi) is 6.22. The minimum atomic E-state index is -1.04. The van der Waals surface area contributed by atoms with Crippen molar-refractivity contribution in [2.24, 2.45) is 0 Å². The lowest BCUT2D eigenvalue weighted by Crippen LogP contribution is -2.21. The third-order valence-electron chi connectivity index (χ3n) is 7.05. The standard InChI is InChI=1S/C31H22O10/c1-37-23-8-7-17(11-24(23)38-2)19-14-39-30-27-18(12-26(33)41-25(27)13-20(32)28(30)29(19)34)22-10-9-21(40-22)15-3-5-16(6-4-15)31(35)36/h3-11,13-14,18,32H,12H2,1-2H3,(H,35,36)/t18-/m1/s1. The maximum atomic E-state index is 13.7. The first-order chi connectivity index (χ1) is 19.8. The van der Waals surface area contributed by atoms with Crippen LogP contribution in [0.1, 0.15) is 34.0 Å². The Morgan fingerprint density at radius 3 is 2.37 bits per heavy atom. The summed E-state index contributed by atoms with van der Waals surface area (Å²) in [5.74, 6) is -0.859. The van der Waals surface area contributed by atoms with Gasteiger partial charge in [-0.25, -0.2) is 4.79 Å². The van der Waals surface area contributed by atoms with E-state index in [-0.39, 0.29) is 34.3 Å². The number of rotatable bonds is 6. The van der Waals surface area contributed by atoms with Gasteiger partial charge in [0.05, 0.1) is 37.7 Å². The average molecular weight is 555 g/mol. The van der Waals surface area contributed by atoms with Crippen molar-refractivity contribution in [3.63, 3.8) is 0 Å². The van der Waals surface area contributed by atoms with Gasteiger partial charge in [-0.3, -0.25) is 9.59 Å². The van der Waals surface area contributed by atoms with Gasteiger partial charge in [0.2, 0.25) is 5.43 Å². The molecule has 5 aromatic rings. The zero-order valence-electron chi connectivity index (χ0n) is 21.8. The topological polar surface area (TPSA) is 146 Å². The number of carbonyl (C=O) groups excluding carboxylic acids is 1. The maximum absolute atomic E-state index is 13.7. The summed E-state index contributed by atoms with van der Waals surface area (Å²) in [5.41, 5.74) is 1.41. The van der Waals surface area contributed by atoms with Gasteiger partial charge >= 0.3 is 11.9 Å². The van der Waals surface area contributed by atoms with E-state index in [1.54, 1.807) is 42.5 Å². The molecule has 10 heteroatoms. The van der Waals surface area contributed by atoms with Crippen molar-refractivity contribution in [3.05, 3.63) is 94.0 Å². The Morgan fingerprint density at radius 1 is 0.927 bits per heavy atom. The first-order valence-electron chi connectivity index (χ1n) is 12.5. The Labute approximate surface area is 231 Å². The molecule has 3 aromatic carbocycles. The second-order valence-electron chi connectivity index (χ2n) is 9.38. The molecule has 6 rings (SSSR count). The molecule has 0 spiro atoms. The predicted octanol–water partition coefficient (Wildman–Crippen LogP) is 5.58. The molecule has 0 amide bonds. The number of benzene rings is 3. The molecule has 206 valence electrons. The minimum Gasteiger partial charge on any atom is -0.507 e. The quantitative estimate of drug-likeness (QED) is 0.201. The Morgan fingerprint density at radius 2 is 1.66 bits per heavy atom. The molecular weight excluding hydrogens is 532 g/mol. The lowest BCUT2D eigenvalue weighted by atomic mass is 9.88. The van der Waals surface area contributed by atoms with Crippen LogP contribution in [0.2, 0.25) is 0 Å². The van der Waals surface area contributed by atoms with Crippen LogP contribution < -0.4 is 19.6 Å². The van der Waals surface area contributed by atoms with E-state index in [9.17, 15) is 19.5 Å². The van der Waals surface area contributed by atoms with Crippen LogP contribution in [0.5, 0.6) is 23.0 Å². The number of esters is 1. The third kappa shape index (κ3) is 4.35. The third-order valence-corrected chi connectivity index (χ3v) is 7.05. The van der Waals surface area contributed by atoms with Gasteiger partial charge in [0.1, 0.15) is 40.3 Å². The average Bonchev–Trinajstić information content (AvgIpc) is 3.46. The van der Waals surface area contributed by atoms with Gasteiger partial charge in [0.25, 0.3) is 0 Å². The van der Waals surface area contributed by atoms with Crippen LogP contribution in [-0.4, -0.2) is 36.4 Å². The highest BCUT2D eigenvalue weighted by Crippen LogP contribution is 2.46. The van der Waals surface area contributed by atoms with Crippen LogP contribution in [0, 0.1) is 0 Å². The molecule has 10 nitrogen and oxygen atoms in total. The highest BCUT2D eigenvalue weighted by atomic mass is 16.5. The van der Waals surface area contributed by atoms with Crippen LogP contribution in [0.25, 0.3) is 33.4 Å². The van der Waals surface area contributed by atoms with Crippen LogP contribution in [0.15, 0.2) is 80.6 Å².